The van der Waals surface area contributed by atoms with Gasteiger partial charge in [-0.3, -0.25) is 19.7 Å². The van der Waals surface area contributed by atoms with Gasteiger partial charge in [-0.05, 0) is 29.2 Å². The summed E-state index contributed by atoms with van der Waals surface area (Å²) in [5.74, 6) is -1.23. The maximum atomic E-state index is 12.1. The lowest BCUT2D eigenvalue weighted by Gasteiger charge is -2.19. The van der Waals surface area contributed by atoms with Crippen molar-refractivity contribution in [1.82, 2.24) is 5.32 Å². The van der Waals surface area contributed by atoms with Crippen molar-refractivity contribution in [2.45, 2.75) is 32.6 Å². The Labute approximate surface area is 164 Å². The second-order valence-corrected chi connectivity index (χ2v) is 7.35. The normalized spacial score (nSPS) is 10.9. The quantitative estimate of drug-likeness (QED) is 0.776. The maximum Gasteiger partial charge on any atom is 0.310 e. The summed E-state index contributed by atoms with van der Waals surface area (Å²) in [7, 11) is 1.51. The first kappa shape index (κ1) is 21.2. The Morgan fingerprint density at radius 3 is 2.21 bits per heavy atom. The molecule has 0 heterocycles. The molecule has 0 spiro atoms. The van der Waals surface area contributed by atoms with Gasteiger partial charge in [-0.25, -0.2) is 0 Å². The van der Waals surface area contributed by atoms with Crippen molar-refractivity contribution >= 4 is 17.8 Å². The molecule has 28 heavy (non-hydrogen) atoms. The zero-order valence-corrected chi connectivity index (χ0v) is 16.6. The average Bonchev–Trinajstić information content (AvgIpc) is 2.66. The van der Waals surface area contributed by atoms with Gasteiger partial charge in [-0.2, -0.15) is 0 Å². The van der Waals surface area contributed by atoms with E-state index in [1.54, 1.807) is 36.4 Å². The molecule has 2 amide bonds. The Morgan fingerprint density at radius 2 is 1.61 bits per heavy atom. The lowest BCUT2D eigenvalue weighted by Crippen LogP contribution is -2.34. The van der Waals surface area contributed by atoms with E-state index in [9.17, 15) is 14.4 Å². The molecule has 6 heteroatoms. The first-order valence-corrected chi connectivity index (χ1v) is 8.93. The fourth-order valence-electron chi connectivity index (χ4n) is 2.56. The summed E-state index contributed by atoms with van der Waals surface area (Å²) in [6.07, 6.45) is -0.0283. The van der Waals surface area contributed by atoms with Gasteiger partial charge >= 0.3 is 5.97 Å². The predicted octanol–water partition coefficient (Wildman–Crippen LogP) is 3.04. The van der Waals surface area contributed by atoms with Crippen molar-refractivity contribution < 1.29 is 23.9 Å². The Kier molecular flexibility index (Phi) is 6.93. The van der Waals surface area contributed by atoms with E-state index in [0.717, 1.165) is 5.56 Å². The van der Waals surface area contributed by atoms with Gasteiger partial charge in [-0.1, -0.05) is 51.1 Å². The van der Waals surface area contributed by atoms with Gasteiger partial charge in [0.25, 0.3) is 11.8 Å². The van der Waals surface area contributed by atoms with Crippen LogP contribution in [0.2, 0.25) is 0 Å². The molecule has 0 aliphatic heterocycles. The van der Waals surface area contributed by atoms with Gasteiger partial charge in [0, 0.05) is 11.1 Å². The molecule has 0 aromatic heterocycles. The number of hydrogen-bond donors (Lipinski definition) is 1. The smallest absolute Gasteiger partial charge is 0.310 e. The van der Waals surface area contributed by atoms with Crippen LogP contribution >= 0.6 is 0 Å². The van der Waals surface area contributed by atoms with Crippen molar-refractivity contribution in [2.24, 2.45) is 0 Å². The van der Waals surface area contributed by atoms with E-state index >= 15 is 0 Å². The first-order valence-electron chi connectivity index (χ1n) is 8.93. The van der Waals surface area contributed by atoms with Gasteiger partial charge in [0.05, 0.1) is 13.5 Å². The standard InChI is InChI=1S/C22H25NO5/c1-22(2,3)17-11-9-15(10-12-17)21(26)23-19(24)14-28-20(25)13-16-7-5-6-8-18(16)27-4/h5-12H,13-14H2,1-4H3,(H,23,24,26). The number of esters is 1. The van der Waals surface area contributed by atoms with Crippen molar-refractivity contribution in [3.63, 3.8) is 0 Å². The molecule has 1 N–H and O–H groups in total. The molecule has 0 saturated heterocycles. The molecule has 2 aromatic rings. The lowest BCUT2D eigenvalue weighted by molar-refractivity contribution is -0.147. The first-order chi connectivity index (χ1) is 13.2. The van der Waals surface area contributed by atoms with E-state index in [1.165, 1.54) is 7.11 Å². The van der Waals surface area contributed by atoms with Crippen LogP contribution in [0.5, 0.6) is 5.75 Å². The lowest BCUT2D eigenvalue weighted by atomic mass is 9.87. The number of amides is 2. The molecule has 2 rings (SSSR count). The van der Waals surface area contributed by atoms with Crippen LogP contribution in [0.1, 0.15) is 42.3 Å². The fourth-order valence-corrected chi connectivity index (χ4v) is 2.56. The molecule has 0 bridgehead atoms. The highest BCUT2D eigenvalue weighted by Gasteiger charge is 2.16. The van der Waals surface area contributed by atoms with Crippen LogP contribution < -0.4 is 10.1 Å². The van der Waals surface area contributed by atoms with Crippen LogP contribution in [-0.2, 0) is 26.2 Å². The number of carbonyl (C=O) groups excluding carboxylic acids is 3. The molecular weight excluding hydrogens is 358 g/mol. The van der Waals surface area contributed by atoms with Crippen LogP contribution in [-0.4, -0.2) is 31.5 Å². The van der Waals surface area contributed by atoms with Gasteiger partial charge in [0.2, 0.25) is 0 Å². The number of hydrogen-bond acceptors (Lipinski definition) is 5. The summed E-state index contributed by atoms with van der Waals surface area (Å²) in [6.45, 7) is 5.70. The molecular formula is C22H25NO5. The molecule has 148 valence electrons. The number of carbonyl (C=O) groups is 3. The maximum absolute atomic E-state index is 12.1. The third kappa shape index (κ3) is 5.94. The Morgan fingerprint density at radius 1 is 0.964 bits per heavy atom. The van der Waals surface area contributed by atoms with Crippen molar-refractivity contribution in [2.75, 3.05) is 13.7 Å². The minimum absolute atomic E-state index is 0.0273. The molecule has 0 atom stereocenters. The topological polar surface area (TPSA) is 81.7 Å². The molecule has 0 saturated carbocycles. The van der Waals surface area contributed by atoms with E-state index in [4.69, 9.17) is 9.47 Å². The largest absolute Gasteiger partial charge is 0.496 e. The van der Waals surface area contributed by atoms with Crippen LogP contribution in [0.4, 0.5) is 0 Å². The van der Waals surface area contributed by atoms with E-state index in [0.29, 0.717) is 16.9 Å². The number of rotatable bonds is 6. The summed E-state index contributed by atoms with van der Waals surface area (Å²) in [6, 6.07) is 14.1. The highest BCUT2D eigenvalue weighted by atomic mass is 16.5. The Bertz CT molecular complexity index is 850. The predicted molar refractivity (Wildman–Crippen MR) is 105 cm³/mol. The summed E-state index contributed by atoms with van der Waals surface area (Å²) in [4.78, 5) is 36.0. The average molecular weight is 383 g/mol. The van der Waals surface area contributed by atoms with E-state index in [-0.39, 0.29) is 11.8 Å². The van der Waals surface area contributed by atoms with Crippen molar-refractivity contribution in [1.29, 1.82) is 0 Å². The second-order valence-electron chi connectivity index (χ2n) is 7.35. The summed E-state index contributed by atoms with van der Waals surface area (Å²) >= 11 is 0. The zero-order chi connectivity index (χ0) is 20.7. The number of ether oxygens (including phenoxy) is 2. The van der Waals surface area contributed by atoms with Gasteiger partial charge in [-0.15, -0.1) is 0 Å². The minimum Gasteiger partial charge on any atom is -0.496 e. The molecule has 0 fully saturated rings. The van der Waals surface area contributed by atoms with Gasteiger partial charge < -0.3 is 9.47 Å². The SMILES string of the molecule is COc1ccccc1CC(=O)OCC(=O)NC(=O)c1ccc(C(C)(C)C)cc1. The molecule has 0 aliphatic carbocycles. The third-order valence-electron chi connectivity index (χ3n) is 4.16. The van der Waals surface area contributed by atoms with Crippen molar-refractivity contribution in [3.8, 4) is 5.75 Å². The van der Waals surface area contributed by atoms with E-state index in [1.807, 2.05) is 12.1 Å². The van der Waals surface area contributed by atoms with Gasteiger partial charge in [0.1, 0.15) is 5.75 Å². The number of nitrogens with one attached hydrogen (secondary N) is 1. The molecule has 0 aliphatic rings. The summed E-state index contributed by atoms with van der Waals surface area (Å²) < 4.78 is 10.1. The minimum atomic E-state index is -0.682. The molecule has 2 aromatic carbocycles. The summed E-state index contributed by atoms with van der Waals surface area (Å²) in [5, 5.41) is 2.22. The molecule has 6 nitrogen and oxygen atoms in total. The fraction of sp³-hybridized carbons (Fsp3) is 0.318. The number of imide groups is 1. The molecule has 0 unspecified atom stereocenters. The highest BCUT2D eigenvalue weighted by Crippen LogP contribution is 2.22. The Balaban J connectivity index is 1.84. The number of benzene rings is 2. The molecule has 0 radical (unpaired) electrons. The second kappa shape index (κ2) is 9.17. The van der Waals surface area contributed by atoms with Crippen LogP contribution in [0.25, 0.3) is 0 Å². The number of para-hydroxylation sites is 1. The van der Waals surface area contributed by atoms with Crippen LogP contribution in [0.3, 0.4) is 0 Å². The third-order valence-corrected chi connectivity index (χ3v) is 4.16. The zero-order valence-electron chi connectivity index (χ0n) is 16.6. The monoisotopic (exact) mass is 383 g/mol. The van der Waals surface area contributed by atoms with Crippen LogP contribution in [0.15, 0.2) is 48.5 Å². The van der Waals surface area contributed by atoms with E-state index < -0.39 is 24.4 Å². The van der Waals surface area contributed by atoms with Gasteiger partial charge in [0.15, 0.2) is 6.61 Å². The number of methoxy groups -OCH3 is 1. The Hall–Kier alpha value is -3.15. The van der Waals surface area contributed by atoms with Crippen molar-refractivity contribution in [3.05, 3.63) is 65.2 Å². The van der Waals surface area contributed by atoms with E-state index in [2.05, 4.69) is 26.1 Å². The summed E-state index contributed by atoms with van der Waals surface area (Å²) in [5.41, 5.74) is 2.08. The van der Waals surface area contributed by atoms with Crippen LogP contribution in [0, 0.1) is 0 Å². The highest BCUT2D eigenvalue weighted by molar-refractivity contribution is 6.05.